The molecule has 11 heteroatoms. The van der Waals surface area contributed by atoms with Gasteiger partial charge >= 0.3 is 6.09 Å². The Balaban J connectivity index is 1.38. The molecule has 1 aromatic heterocycles. The fourth-order valence-electron chi connectivity index (χ4n) is 4.44. The molecular weight excluding hydrogens is 461 g/mol. The van der Waals surface area contributed by atoms with Crippen LogP contribution in [0.2, 0.25) is 0 Å². The SMILES string of the molecule is CC(C)[C@H]1COC(=O)N1c1ccnc(N[C@@H](C)C2CCN(S(=O)(=O)c3ccc(F)cc3)CC2)n1. The summed E-state index contributed by atoms with van der Waals surface area (Å²) >= 11 is 0. The molecule has 2 saturated heterocycles. The average Bonchev–Trinajstić information content (AvgIpc) is 3.21. The summed E-state index contributed by atoms with van der Waals surface area (Å²) in [6.45, 7) is 7.18. The Hall–Kier alpha value is -2.79. The molecule has 184 valence electrons. The number of carbonyl (C=O) groups excluding carboxylic acids is 1. The van der Waals surface area contributed by atoms with Crippen molar-refractivity contribution in [3.05, 3.63) is 42.3 Å². The van der Waals surface area contributed by atoms with Gasteiger partial charge in [0.1, 0.15) is 18.2 Å². The van der Waals surface area contributed by atoms with Crippen LogP contribution in [0.1, 0.15) is 33.6 Å². The van der Waals surface area contributed by atoms with Crippen molar-refractivity contribution in [1.29, 1.82) is 0 Å². The van der Waals surface area contributed by atoms with Crippen LogP contribution in [0.4, 0.5) is 21.0 Å². The summed E-state index contributed by atoms with van der Waals surface area (Å²) in [7, 11) is -3.65. The Morgan fingerprint density at radius 2 is 1.79 bits per heavy atom. The van der Waals surface area contributed by atoms with Crippen molar-refractivity contribution < 1.29 is 22.3 Å². The zero-order valence-corrected chi connectivity index (χ0v) is 20.3. The van der Waals surface area contributed by atoms with Crippen LogP contribution in [0.15, 0.2) is 41.4 Å². The molecule has 3 heterocycles. The molecule has 0 bridgehead atoms. The third-order valence-corrected chi connectivity index (χ3v) is 8.49. The van der Waals surface area contributed by atoms with E-state index >= 15 is 0 Å². The van der Waals surface area contributed by atoms with Gasteiger partial charge in [0, 0.05) is 25.3 Å². The highest BCUT2D eigenvalue weighted by Crippen LogP contribution is 2.29. The number of hydrogen-bond donors (Lipinski definition) is 1. The van der Waals surface area contributed by atoms with Crippen LogP contribution in [-0.4, -0.2) is 60.6 Å². The van der Waals surface area contributed by atoms with Crippen molar-refractivity contribution in [3.8, 4) is 0 Å². The van der Waals surface area contributed by atoms with E-state index in [2.05, 4.69) is 15.3 Å². The number of benzene rings is 1. The first-order valence-electron chi connectivity index (χ1n) is 11.5. The standard InChI is InChI=1S/C23H30FN5O4S/c1-15(2)20-14-33-23(30)29(20)21-8-11-25-22(27-21)26-16(3)17-9-12-28(13-10-17)34(31,32)19-6-4-18(24)5-7-19/h4-8,11,15-17,20H,9-10,12-14H2,1-3H3,(H,25,26,27)/t16-,20+/m0/s1. The molecule has 34 heavy (non-hydrogen) atoms. The van der Waals surface area contributed by atoms with E-state index in [1.54, 1.807) is 17.2 Å². The minimum Gasteiger partial charge on any atom is -0.447 e. The highest BCUT2D eigenvalue weighted by Gasteiger charge is 2.37. The maximum Gasteiger partial charge on any atom is 0.415 e. The van der Waals surface area contributed by atoms with Crippen molar-refractivity contribution in [2.45, 2.75) is 50.6 Å². The second-order valence-electron chi connectivity index (χ2n) is 9.13. The predicted molar refractivity (Wildman–Crippen MR) is 125 cm³/mol. The molecule has 0 radical (unpaired) electrons. The summed E-state index contributed by atoms with van der Waals surface area (Å²) < 4.78 is 45.6. The van der Waals surface area contributed by atoms with Crippen LogP contribution >= 0.6 is 0 Å². The van der Waals surface area contributed by atoms with Gasteiger partial charge in [0.2, 0.25) is 16.0 Å². The third-order valence-electron chi connectivity index (χ3n) is 6.58. The number of cyclic esters (lactones) is 1. The van der Waals surface area contributed by atoms with Crippen LogP contribution in [0.25, 0.3) is 0 Å². The topological polar surface area (TPSA) is 105 Å². The van der Waals surface area contributed by atoms with Gasteiger partial charge < -0.3 is 10.1 Å². The summed E-state index contributed by atoms with van der Waals surface area (Å²) in [4.78, 5) is 22.8. The smallest absolute Gasteiger partial charge is 0.415 e. The molecule has 0 aliphatic carbocycles. The number of nitrogens with one attached hydrogen (secondary N) is 1. The summed E-state index contributed by atoms with van der Waals surface area (Å²) in [5.74, 6) is 0.866. The molecule has 2 aliphatic heterocycles. The predicted octanol–water partition coefficient (Wildman–Crippen LogP) is 3.50. The first-order chi connectivity index (χ1) is 16.2. The number of ether oxygens (including phenoxy) is 1. The largest absolute Gasteiger partial charge is 0.447 e. The lowest BCUT2D eigenvalue weighted by atomic mass is 9.91. The highest BCUT2D eigenvalue weighted by molar-refractivity contribution is 7.89. The molecular formula is C23H30FN5O4S. The van der Waals surface area contributed by atoms with E-state index < -0.39 is 21.9 Å². The van der Waals surface area contributed by atoms with E-state index in [1.807, 2.05) is 20.8 Å². The van der Waals surface area contributed by atoms with Crippen LogP contribution in [0.3, 0.4) is 0 Å². The minimum absolute atomic E-state index is 0.00245. The zero-order valence-electron chi connectivity index (χ0n) is 19.5. The van der Waals surface area contributed by atoms with E-state index in [-0.39, 0.29) is 28.8 Å². The second kappa shape index (κ2) is 9.83. The Morgan fingerprint density at radius 1 is 1.12 bits per heavy atom. The van der Waals surface area contributed by atoms with Gasteiger partial charge in [0.25, 0.3) is 0 Å². The fraction of sp³-hybridized carbons (Fsp3) is 0.522. The van der Waals surface area contributed by atoms with Crippen molar-refractivity contribution >= 4 is 27.9 Å². The molecule has 2 fully saturated rings. The highest BCUT2D eigenvalue weighted by atomic mass is 32.2. The summed E-state index contributed by atoms with van der Waals surface area (Å²) in [5, 5.41) is 3.32. The number of anilines is 2. The van der Waals surface area contributed by atoms with Crippen LogP contribution in [-0.2, 0) is 14.8 Å². The molecule has 1 aromatic carbocycles. The Labute approximate surface area is 199 Å². The monoisotopic (exact) mass is 491 g/mol. The number of halogens is 1. The van der Waals surface area contributed by atoms with E-state index in [9.17, 15) is 17.6 Å². The van der Waals surface area contributed by atoms with Crippen molar-refractivity contribution in [2.24, 2.45) is 11.8 Å². The molecule has 0 unspecified atom stereocenters. The Kier molecular flexibility index (Phi) is 7.04. The number of hydrogen-bond acceptors (Lipinski definition) is 7. The molecule has 2 atom stereocenters. The first-order valence-corrected chi connectivity index (χ1v) is 12.9. The van der Waals surface area contributed by atoms with Crippen LogP contribution < -0.4 is 10.2 Å². The third kappa shape index (κ3) is 5.00. The lowest BCUT2D eigenvalue weighted by Gasteiger charge is -2.34. The van der Waals surface area contributed by atoms with Gasteiger partial charge in [0.15, 0.2) is 0 Å². The maximum absolute atomic E-state index is 13.2. The second-order valence-corrected chi connectivity index (χ2v) is 11.1. The number of rotatable bonds is 7. The molecule has 9 nitrogen and oxygen atoms in total. The molecule has 4 rings (SSSR count). The normalized spacial score (nSPS) is 21.0. The Bertz CT molecular complexity index is 1120. The number of piperidine rings is 1. The van der Waals surface area contributed by atoms with Crippen LogP contribution in [0, 0.1) is 17.7 Å². The molecule has 1 amide bonds. The van der Waals surface area contributed by atoms with E-state index in [4.69, 9.17) is 4.74 Å². The quantitative estimate of drug-likeness (QED) is 0.632. The van der Waals surface area contributed by atoms with Gasteiger partial charge in [-0.2, -0.15) is 9.29 Å². The Morgan fingerprint density at radius 3 is 2.44 bits per heavy atom. The number of carbonyl (C=O) groups is 1. The summed E-state index contributed by atoms with van der Waals surface area (Å²) in [6.07, 6.45) is 2.54. The molecule has 2 aromatic rings. The number of nitrogens with zero attached hydrogens (tertiary/aromatic N) is 4. The van der Waals surface area contributed by atoms with E-state index in [0.717, 1.165) is 12.1 Å². The minimum atomic E-state index is -3.65. The maximum atomic E-state index is 13.2. The number of amides is 1. The van der Waals surface area contributed by atoms with E-state index in [0.29, 0.717) is 44.3 Å². The molecule has 1 N–H and O–H groups in total. The fourth-order valence-corrected chi connectivity index (χ4v) is 5.91. The summed E-state index contributed by atoms with van der Waals surface area (Å²) in [5.41, 5.74) is 0. The summed E-state index contributed by atoms with van der Waals surface area (Å²) in [6, 6.07) is 6.51. The lowest BCUT2D eigenvalue weighted by molar-refractivity contribution is 0.177. The average molecular weight is 492 g/mol. The van der Waals surface area contributed by atoms with Gasteiger partial charge in [0.05, 0.1) is 10.9 Å². The van der Waals surface area contributed by atoms with Crippen LogP contribution in [0.5, 0.6) is 0 Å². The number of aromatic nitrogens is 2. The van der Waals surface area contributed by atoms with Gasteiger partial charge in [-0.25, -0.2) is 22.6 Å². The van der Waals surface area contributed by atoms with E-state index in [1.165, 1.54) is 16.4 Å². The van der Waals surface area contributed by atoms with Gasteiger partial charge in [-0.15, -0.1) is 0 Å². The van der Waals surface area contributed by atoms with Gasteiger partial charge in [-0.3, -0.25) is 4.90 Å². The van der Waals surface area contributed by atoms with Gasteiger partial charge in [-0.05, 0) is 61.9 Å². The molecule has 0 saturated carbocycles. The zero-order chi connectivity index (χ0) is 24.5. The number of sulfonamides is 1. The van der Waals surface area contributed by atoms with Crippen molar-refractivity contribution in [1.82, 2.24) is 14.3 Å². The van der Waals surface area contributed by atoms with Crippen molar-refractivity contribution in [3.63, 3.8) is 0 Å². The van der Waals surface area contributed by atoms with Crippen molar-refractivity contribution in [2.75, 3.05) is 29.9 Å². The lowest BCUT2D eigenvalue weighted by Crippen LogP contribution is -2.42. The molecule has 0 spiro atoms. The first kappa shape index (κ1) is 24.3. The molecule has 2 aliphatic rings. The van der Waals surface area contributed by atoms with Gasteiger partial charge in [-0.1, -0.05) is 13.8 Å².